The third-order valence-electron chi connectivity index (χ3n) is 3.73. The summed E-state index contributed by atoms with van der Waals surface area (Å²) in [6.45, 7) is 13.8. The first-order chi connectivity index (χ1) is 6.27. The lowest BCUT2D eigenvalue weighted by Crippen LogP contribution is -2.35. The maximum Gasteiger partial charge on any atom is -0.00553 e. The highest BCUT2D eigenvalue weighted by atomic mass is 14.4. The van der Waals surface area contributed by atoms with E-state index < -0.39 is 0 Å². The highest BCUT2D eigenvalue weighted by Gasteiger charge is 2.39. The van der Waals surface area contributed by atoms with Gasteiger partial charge in [0.15, 0.2) is 0 Å². The fourth-order valence-corrected chi connectivity index (χ4v) is 2.53. The Bertz CT molecular complexity index is 274. The van der Waals surface area contributed by atoms with E-state index in [9.17, 15) is 0 Å². The third kappa shape index (κ3) is 2.10. The summed E-state index contributed by atoms with van der Waals surface area (Å²) in [5, 5.41) is 0. The minimum absolute atomic E-state index is 0.298. The van der Waals surface area contributed by atoms with E-state index >= 15 is 0 Å². The van der Waals surface area contributed by atoms with Gasteiger partial charge >= 0.3 is 0 Å². The van der Waals surface area contributed by atoms with Crippen LogP contribution in [0.2, 0.25) is 0 Å². The van der Waals surface area contributed by atoms with E-state index in [1.807, 2.05) is 0 Å². The van der Waals surface area contributed by atoms with Crippen LogP contribution in [0.15, 0.2) is 23.3 Å². The maximum absolute atomic E-state index is 2.45. The Morgan fingerprint density at radius 1 is 1.29 bits per heavy atom. The van der Waals surface area contributed by atoms with Crippen molar-refractivity contribution in [1.82, 2.24) is 0 Å². The molecular weight excluding hydrogens is 168 g/mol. The summed E-state index contributed by atoms with van der Waals surface area (Å²) in [4.78, 5) is 0. The molecule has 0 saturated carbocycles. The Morgan fingerprint density at radius 3 is 2.29 bits per heavy atom. The summed E-state index contributed by atoms with van der Waals surface area (Å²) in [5.41, 5.74) is 3.63. The van der Waals surface area contributed by atoms with Crippen molar-refractivity contribution in [3.8, 4) is 0 Å². The molecule has 0 aliphatic heterocycles. The van der Waals surface area contributed by atoms with Gasteiger partial charge in [-0.05, 0) is 44.4 Å². The Hall–Kier alpha value is -0.520. The maximum atomic E-state index is 2.45. The van der Waals surface area contributed by atoms with Crippen molar-refractivity contribution >= 4 is 0 Å². The van der Waals surface area contributed by atoms with Crippen molar-refractivity contribution in [2.24, 2.45) is 10.8 Å². The van der Waals surface area contributed by atoms with Crippen LogP contribution in [0.1, 0.15) is 54.4 Å². The molecule has 0 aromatic heterocycles. The van der Waals surface area contributed by atoms with E-state index in [1.54, 1.807) is 5.57 Å². The predicted molar refractivity (Wildman–Crippen MR) is 64.3 cm³/mol. The molecule has 0 heterocycles. The van der Waals surface area contributed by atoms with Crippen molar-refractivity contribution in [3.63, 3.8) is 0 Å². The van der Waals surface area contributed by atoms with Gasteiger partial charge in [0, 0.05) is 0 Å². The molecule has 1 atom stereocenters. The Labute approximate surface area is 89.1 Å². The molecule has 0 spiro atoms. The molecule has 1 unspecified atom stereocenters. The van der Waals surface area contributed by atoms with Crippen molar-refractivity contribution in [2.45, 2.75) is 54.4 Å². The van der Waals surface area contributed by atoms with E-state index in [0.29, 0.717) is 10.8 Å². The number of hydrogen-bond acceptors (Lipinski definition) is 0. The van der Waals surface area contributed by atoms with Gasteiger partial charge in [0.25, 0.3) is 0 Å². The Kier molecular flexibility index (Phi) is 2.94. The van der Waals surface area contributed by atoms with Gasteiger partial charge in [0.05, 0.1) is 0 Å². The summed E-state index contributed by atoms with van der Waals surface area (Å²) in [6, 6.07) is 0. The van der Waals surface area contributed by atoms with Gasteiger partial charge in [0.2, 0.25) is 0 Å². The zero-order valence-electron chi connectivity index (χ0n) is 10.6. The topological polar surface area (TPSA) is 0 Å². The van der Waals surface area contributed by atoms with Crippen LogP contribution in [0, 0.1) is 10.8 Å². The van der Waals surface area contributed by atoms with Crippen LogP contribution in [0.4, 0.5) is 0 Å². The fourth-order valence-electron chi connectivity index (χ4n) is 2.53. The molecule has 1 rings (SSSR count). The summed E-state index contributed by atoms with van der Waals surface area (Å²) >= 11 is 0. The Balaban J connectivity index is 3.07. The lowest BCUT2D eigenvalue weighted by atomic mass is 9.60. The number of rotatable bonds is 1. The molecular formula is C14H24. The van der Waals surface area contributed by atoms with Gasteiger partial charge in [-0.3, -0.25) is 0 Å². The smallest absolute Gasteiger partial charge is 0.00553 e. The molecule has 1 aliphatic rings. The molecule has 0 radical (unpaired) electrons. The monoisotopic (exact) mass is 192 g/mol. The van der Waals surface area contributed by atoms with Crippen LogP contribution in [-0.2, 0) is 0 Å². The first kappa shape index (κ1) is 11.6. The molecule has 0 aromatic carbocycles. The molecule has 0 heteroatoms. The van der Waals surface area contributed by atoms with Gasteiger partial charge in [-0.15, -0.1) is 0 Å². The van der Waals surface area contributed by atoms with Gasteiger partial charge in [-0.1, -0.05) is 44.1 Å². The standard InChI is InChI=1S/C14H24/c1-11(2)9-14(6)8-7-12(3)10-13(14,4)5/h9-10H,7-8H2,1-6H3. The molecule has 0 nitrogen and oxygen atoms in total. The van der Waals surface area contributed by atoms with E-state index in [4.69, 9.17) is 0 Å². The lowest BCUT2D eigenvalue weighted by Gasteiger charge is -2.44. The van der Waals surface area contributed by atoms with Gasteiger partial charge in [0.1, 0.15) is 0 Å². The first-order valence-electron chi connectivity index (χ1n) is 5.61. The van der Waals surface area contributed by atoms with E-state index in [2.05, 4.69) is 53.7 Å². The molecule has 1 aliphatic carbocycles. The van der Waals surface area contributed by atoms with Crippen LogP contribution < -0.4 is 0 Å². The van der Waals surface area contributed by atoms with Crippen LogP contribution in [0.5, 0.6) is 0 Å². The molecule has 0 amide bonds. The minimum Gasteiger partial charge on any atom is -0.0798 e. The van der Waals surface area contributed by atoms with Crippen molar-refractivity contribution in [2.75, 3.05) is 0 Å². The minimum atomic E-state index is 0.298. The molecule has 14 heavy (non-hydrogen) atoms. The number of hydrogen-bond donors (Lipinski definition) is 0. The average molecular weight is 192 g/mol. The molecule has 0 aromatic rings. The summed E-state index contributed by atoms with van der Waals surface area (Å²) in [5.74, 6) is 0. The second-order valence-corrected chi connectivity index (χ2v) is 5.85. The van der Waals surface area contributed by atoms with E-state index in [0.717, 1.165) is 0 Å². The third-order valence-corrected chi connectivity index (χ3v) is 3.73. The van der Waals surface area contributed by atoms with Crippen LogP contribution in [-0.4, -0.2) is 0 Å². The zero-order valence-corrected chi connectivity index (χ0v) is 10.6. The number of allylic oxidation sites excluding steroid dienone is 4. The highest BCUT2D eigenvalue weighted by molar-refractivity contribution is 5.21. The van der Waals surface area contributed by atoms with Crippen LogP contribution >= 0.6 is 0 Å². The predicted octanol–water partition coefficient (Wildman–Crippen LogP) is 4.73. The Morgan fingerprint density at radius 2 is 1.86 bits per heavy atom. The summed E-state index contributed by atoms with van der Waals surface area (Å²) < 4.78 is 0. The molecule has 80 valence electrons. The highest BCUT2D eigenvalue weighted by Crippen LogP contribution is 2.49. The van der Waals surface area contributed by atoms with Gasteiger partial charge < -0.3 is 0 Å². The summed E-state index contributed by atoms with van der Waals surface area (Å²) in [6.07, 6.45) is 7.45. The zero-order chi connectivity index (χ0) is 11.0. The van der Waals surface area contributed by atoms with E-state index in [1.165, 1.54) is 18.4 Å². The lowest BCUT2D eigenvalue weighted by molar-refractivity contribution is 0.174. The molecule has 0 saturated heterocycles. The quantitative estimate of drug-likeness (QED) is 0.527. The summed E-state index contributed by atoms with van der Waals surface area (Å²) in [7, 11) is 0. The average Bonchev–Trinajstić information content (AvgIpc) is 1.96. The molecule has 0 N–H and O–H groups in total. The largest absolute Gasteiger partial charge is 0.0798 e. The van der Waals surface area contributed by atoms with Gasteiger partial charge in [-0.2, -0.15) is 0 Å². The second kappa shape index (κ2) is 3.56. The van der Waals surface area contributed by atoms with Crippen LogP contribution in [0.25, 0.3) is 0 Å². The molecule has 0 fully saturated rings. The van der Waals surface area contributed by atoms with Crippen molar-refractivity contribution < 1.29 is 0 Å². The van der Waals surface area contributed by atoms with Gasteiger partial charge in [-0.25, -0.2) is 0 Å². The van der Waals surface area contributed by atoms with Crippen molar-refractivity contribution in [1.29, 1.82) is 0 Å². The first-order valence-corrected chi connectivity index (χ1v) is 5.61. The molecule has 0 bridgehead atoms. The SMILES string of the molecule is CC(C)=CC1(C)CCC(C)=CC1(C)C. The van der Waals surface area contributed by atoms with Crippen molar-refractivity contribution in [3.05, 3.63) is 23.3 Å². The van der Waals surface area contributed by atoms with Crippen LogP contribution in [0.3, 0.4) is 0 Å². The second-order valence-electron chi connectivity index (χ2n) is 5.85. The fraction of sp³-hybridized carbons (Fsp3) is 0.714. The van der Waals surface area contributed by atoms with E-state index in [-0.39, 0.29) is 0 Å². The normalized spacial score (nSPS) is 30.9.